The Morgan fingerprint density at radius 3 is 2.83 bits per heavy atom. The van der Waals surface area contributed by atoms with Gasteiger partial charge in [0.25, 0.3) is 0 Å². The van der Waals surface area contributed by atoms with Crippen molar-refractivity contribution in [2.45, 2.75) is 26.8 Å². The molecule has 2 N–H and O–H groups in total. The molecule has 0 amide bonds. The number of hydrogen-bond acceptors (Lipinski definition) is 4. The second kappa shape index (κ2) is 10.5. The maximum Gasteiger partial charge on any atom is 0.231 e. The highest BCUT2D eigenvalue weighted by Crippen LogP contribution is 2.32. The molecular weight excluding hydrogens is 493 g/mol. The summed E-state index contributed by atoms with van der Waals surface area (Å²) >= 11 is 0. The zero-order valence-electron chi connectivity index (χ0n) is 17.4. The molecule has 7 nitrogen and oxygen atoms in total. The van der Waals surface area contributed by atoms with Crippen molar-refractivity contribution in [3.05, 3.63) is 53.9 Å². The van der Waals surface area contributed by atoms with Gasteiger partial charge in [-0.15, -0.1) is 24.0 Å². The molecule has 4 rings (SSSR count). The number of ether oxygens (including phenoxy) is 2. The summed E-state index contributed by atoms with van der Waals surface area (Å²) in [5.41, 5.74) is 3.39. The molecule has 1 aliphatic heterocycles. The van der Waals surface area contributed by atoms with Crippen molar-refractivity contribution < 1.29 is 9.47 Å². The van der Waals surface area contributed by atoms with Gasteiger partial charge in [-0.05, 0) is 50.1 Å². The third kappa shape index (κ3) is 5.16. The van der Waals surface area contributed by atoms with Crippen LogP contribution in [0.5, 0.6) is 11.5 Å². The van der Waals surface area contributed by atoms with E-state index in [1.54, 1.807) is 0 Å². The molecular formula is C22H28IN5O2. The van der Waals surface area contributed by atoms with Gasteiger partial charge in [0.15, 0.2) is 17.5 Å². The summed E-state index contributed by atoms with van der Waals surface area (Å²) in [6.07, 6.45) is 0.846. The van der Waals surface area contributed by atoms with Crippen LogP contribution < -0.4 is 20.1 Å². The maximum atomic E-state index is 5.44. The number of nitrogens with zero attached hydrogens (tertiary/aromatic N) is 3. The molecule has 30 heavy (non-hydrogen) atoms. The molecule has 160 valence electrons. The van der Waals surface area contributed by atoms with E-state index in [0.29, 0.717) is 13.3 Å². The Balaban J connectivity index is 0.00000256. The fourth-order valence-corrected chi connectivity index (χ4v) is 3.50. The molecule has 0 saturated heterocycles. The van der Waals surface area contributed by atoms with E-state index >= 15 is 0 Å². The monoisotopic (exact) mass is 521 g/mol. The summed E-state index contributed by atoms with van der Waals surface area (Å²) in [6.45, 7) is 7.55. The first-order chi connectivity index (χ1) is 14.2. The minimum absolute atomic E-state index is 0. The van der Waals surface area contributed by atoms with Gasteiger partial charge in [-0.3, -0.25) is 4.99 Å². The van der Waals surface area contributed by atoms with E-state index < -0.39 is 0 Å². The average molecular weight is 521 g/mol. The standard InChI is InChI=1S/C22H27N5O2.HI/c1-3-23-22(24-11-10-17-8-9-20-21(14-17)29-15-28-20)25-12-13-27-16(2)26-18-6-4-5-7-19(18)27;/h4-9,14H,3,10-13,15H2,1-2H3,(H2,23,24,25);1H. The van der Waals surface area contributed by atoms with Crippen molar-refractivity contribution in [2.24, 2.45) is 4.99 Å². The van der Waals surface area contributed by atoms with Gasteiger partial charge in [-0.2, -0.15) is 0 Å². The molecule has 0 unspecified atom stereocenters. The Kier molecular flexibility index (Phi) is 7.78. The molecule has 0 spiro atoms. The average Bonchev–Trinajstić information content (AvgIpc) is 3.31. The minimum Gasteiger partial charge on any atom is -0.454 e. The lowest BCUT2D eigenvalue weighted by atomic mass is 10.1. The van der Waals surface area contributed by atoms with E-state index in [-0.39, 0.29) is 24.0 Å². The van der Waals surface area contributed by atoms with Crippen molar-refractivity contribution in [2.75, 3.05) is 26.4 Å². The number of benzene rings is 2. The second-order valence-electron chi connectivity index (χ2n) is 6.92. The summed E-state index contributed by atoms with van der Waals surface area (Å²) < 4.78 is 13.0. The van der Waals surface area contributed by atoms with Gasteiger partial charge in [-0.25, -0.2) is 4.98 Å². The SMILES string of the molecule is CCNC(=NCCc1ccc2c(c1)OCO2)NCCn1c(C)nc2ccccc21.I. The first-order valence-corrected chi connectivity index (χ1v) is 10.1. The number of hydrogen-bond donors (Lipinski definition) is 2. The highest BCUT2D eigenvalue weighted by atomic mass is 127. The fourth-order valence-electron chi connectivity index (χ4n) is 3.50. The molecule has 0 atom stereocenters. The van der Waals surface area contributed by atoms with Crippen LogP contribution in [0, 0.1) is 6.92 Å². The van der Waals surface area contributed by atoms with Crippen LogP contribution in [0.2, 0.25) is 0 Å². The normalized spacial score (nSPS) is 12.7. The summed E-state index contributed by atoms with van der Waals surface area (Å²) in [7, 11) is 0. The van der Waals surface area contributed by atoms with Crippen LogP contribution in [0.15, 0.2) is 47.5 Å². The van der Waals surface area contributed by atoms with Crippen LogP contribution in [0.1, 0.15) is 18.3 Å². The van der Waals surface area contributed by atoms with Crippen LogP contribution in [0.4, 0.5) is 0 Å². The predicted molar refractivity (Wildman–Crippen MR) is 130 cm³/mol. The Hall–Kier alpha value is -2.49. The van der Waals surface area contributed by atoms with Gasteiger partial charge in [0, 0.05) is 26.2 Å². The summed E-state index contributed by atoms with van der Waals surface area (Å²) in [4.78, 5) is 9.33. The minimum atomic E-state index is 0. The van der Waals surface area contributed by atoms with Gasteiger partial charge in [0.1, 0.15) is 5.82 Å². The molecule has 1 aliphatic rings. The van der Waals surface area contributed by atoms with E-state index in [2.05, 4.69) is 45.3 Å². The molecule has 0 fully saturated rings. The lowest BCUT2D eigenvalue weighted by Crippen LogP contribution is -2.39. The molecule has 0 bridgehead atoms. The molecule has 1 aromatic heterocycles. The third-order valence-corrected chi connectivity index (χ3v) is 4.92. The van der Waals surface area contributed by atoms with Crippen LogP contribution in [0.3, 0.4) is 0 Å². The van der Waals surface area contributed by atoms with Gasteiger partial charge in [0.2, 0.25) is 6.79 Å². The van der Waals surface area contributed by atoms with Crippen molar-refractivity contribution in [1.82, 2.24) is 20.2 Å². The van der Waals surface area contributed by atoms with Crippen LogP contribution in [-0.2, 0) is 13.0 Å². The number of aromatic nitrogens is 2. The third-order valence-electron chi connectivity index (χ3n) is 4.92. The Labute approximate surface area is 193 Å². The van der Waals surface area contributed by atoms with E-state index in [0.717, 1.165) is 60.4 Å². The molecule has 0 aliphatic carbocycles. The Morgan fingerprint density at radius 1 is 1.13 bits per heavy atom. The lowest BCUT2D eigenvalue weighted by Gasteiger charge is -2.13. The molecule has 0 saturated carbocycles. The number of imidazole rings is 1. The van der Waals surface area contributed by atoms with E-state index in [9.17, 15) is 0 Å². The van der Waals surface area contributed by atoms with E-state index in [4.69, 9.17) is 14.5 Å². The first kappa shape index (κ1) is 22.2. The summed E-state index contributed by atoms with van der Waals surface area (Å²) in [5.74, 6) is 3.49. The number of halogens is 1. The van der Waals surface area contributed by atoms with Gasteiger partial charge in [0.05, 0.1) is 11.0 Å². The number of rotatable bonds is 7. The van der Waals surface area contributed by atoms with Gasteiger partial charge < -0.3 is 24.7 Å². The van der Waals surface area contributed by atoms with Crippen LogP contribution in [0.25, 0.3) is 11.0 Å². The van der Waals surface area contributed by atoms with Gasteiger partial charge in [-0.1, -0.05) is 18.2 Å². The maximum absolute atomic E-state index is 5.44. The number of fused-ring (bicyclic) bond motifs is 2. The molecule has 3 aromatic rings. The molecule has 2 heterocycles. The highest BCUT2D eigenvalue weighted by Gasteiger charge is 2.13. The van der Waals surface area contributed by atoms with Crippen LogP contribution >= 0.6 is 24.0 Å². The number of para-hydroxylation sites is 2. The first-order valence-electron chi connectivity index (χ1n) is 10.1. The zero-order valence-corrected chi connectivity index (χ0v) is 19.7. The van der Waals surface area contributed by atoms with Crippen LogP contribution in [-0.4, -0.2) is 41.9 Å². The predicted octanol–water partition coefficient (Wildman–Crippen LogP) is 3.49. The second-order valence-corrected chi connectivity index (χ2v) is 6.92. The lowest BCUT2D eigenvalue weighted by molar-refractivity contribution is 0.174. The van der Waals surface area contributed by atoms with Crippen molar-refractivity contribution in [3.8, 4) is 11.5 Å². The Bertz CT molecular complexity index is 1020. The van der Waals surface area contributed by atoms with E-state index in [1.807, 2.05) is 31.2 Å². The summed E-state index contributed by atoms with van der Waals surface area (Å²) in [5, 5.41) is 6.74. The zero-order chi connectivity index (χ0) is 20.1. The van der Waals surface area contributed by atoms with Crippen molar-refractivity contribution >= 4 is 41.0 Å². The number of aliphatic imine (C=N–C) groups is 1. The Morgan fingerprint density at radius 2 is 1.97 bits per heavy atom. The molecule has 8 heteroatoms. The van der Waals surface area contributed by atoms with Crippen molar-refractivity contribution in [3.63, 3.8) is 0 Å². The number of aryl methyl sites for hydroxylation is 1. The molecule has 0 radical (unpaired) electrons. The van der Waals surface area contributed by atoms with E-state index in [1.165, 1.54) is 5.56 Å². The largest absolute Gasteiger partial charge is 0.454 e. The summed E-state index contributed by atoms with van der Waals surface area (Å²) in [6, 6.07) is 14.3. The molecule has 2 aromatic carbocycles. The quantitative estimate of drug-likeness (QED) is 0.283. The smallest absolute Gasteiger partial charge is 0.231 e. The highest BCUT2D eigenvalue weighted by molar-refractivity contribution is 14.0. The topological polar surface area (TPSA) is 72.7 Å². The fraction of sp³-hybridized carbons (Fsp3) is 0.364. The number of guanidine groups is 1. The van der Waals surface area contributed by atoms with Gasteiger partial charge >= 0.3 is 0 Å². The van der Waals surface area contributed by atoms with Crippen molar-refractivity contribution in [1.29, 1.82) is 0 Å². The number of nitrogens with one attached hydrogen (secondary N) is 2.